The van der Waals surface area contributed by atoms with Gasteiger partial charge in [-0.15, -0.1) is 0 Å². The third kappa shape index (κ3) is 2.33. The number of benzene rings is 1. The summed E-state index contributed by atoms with van der Waals surface area (Å²) in [5.41, 5.74) is 0.721. The van der Waals surface area contributed by atoms with Gasteiger partial charge in [-0.2, -0.15) is 0 Å². The molecule has 18 heavy (non-hydrogen) atoms. The molecule has 1 saturated heterocycles. The molecular formula is C11H10N2O3S2. The van der Waals surface area contributed by atoms with Crippen LogP contribution in [-0.4, -0.2) is 27.5 Å². The molecule has 7 heteroatoms. The molecule has 0 aliphatic carbocycles. The Morgan fingerprint density at radius 3 is 2.83 bits per heavy atom. The predicted molar refractivity (Wildman–Crippen MR) is 73.9 cm³/mol. The van der Waals surface area contributed by atoms with Crippen LogP contribution in [-0.2, 0) is 4.79 Å². The minimum Gasteiger partial charge on any atom is -0.504 e. The number of ether oxygens (including phenoxy) is 1. The summed E-state index contributed by atoms with van der Waals surface area (Å²) in [5.74, 6) is 5.51. The van der Waals surface area contributed by atoms with E-state index in [0.29, 0.717) is 15.0 Å². The second-order valence-corrected chi connectivity index (χ2v) is 5.16. The van der Waals surface area contributed by atoms with E-state index in [-0.39, 0.29) is 11.7 Å². The molecule has 0 aromatic heterocycles. The van der Waals surface area contributed by atoms with E-state index in [1.807, 2.05) is 0 Å². The molecule has 2 rings (SSSR count). The van der Waals surface area contributed by atoms with Crippen LogP contribution < -0.4 is 10.6 Å². The van der Waals surface area contributed by atoms with E-state index in [0.717, 1.165) is 22.3 Å². The van der Waals surface area contributed by atoms with Crippen molar-refractivity contribution in [3.63, 3.8) is 0 Å². The Hall–Kier alpha value is -1.57. The number of aromatic hydroxyl groups is 1. The van der Waals surface area contributed by atoms with Gasteiger partial charge in [0.15, 0.2) is 15.8 Å². The molecule has 1 heterocycles. The summed E-state index contributed by atoms with van der Waals surface area (Å²) in [6, 6.07) is 4.78. The van der Waals surface area contributed by atoms with Crippen LogP contribution in [0, 0.1) is 0 Å². The van der Waals surface area contributed by atoms with E-state index in [1.165, 1.54) is 13.2 Å². The van der Waals surface area contributed by atoms with Crippen molar-refractivity contribution in [2.24, 2.45) is 5.84 Å². The average molecular weight is 282 g/mol. The zero-order chi connectivity index (χ0) is 13.3. The molecule has 0 bridgehead atoms. The molecule has 0 unspecified atom stereocenters. The number of phenolic OH excluding ortho intramolecular Hbond substituents is 1. The number of thioether (sulfide) groups is 1. The van der Waals surface area contributed by atoms with Crippen molar-refractivity contribution in [1.29, 1.82) is 0 Å². The van der Waals surface area contributed by atoms with E-state index in [4.69, 9.17) is 22.8 Å². The van der Waals surface area contributed by atoms with Gasteiger partial charge in [-0.05, 0) is 23.8 Å². The summed E-state index contributed by atoms with van der Waals surface area (Å²) in [5, 5.41) is 10.4. The number of rotatable bonds is 2. The highest BCUT2D eigenvalue weighted by molar-refractivity contribution is 8.26. The fourth-order valence-electron chi connectivity index (χ4n) is 1.42. The first kappa shape index (κ1) is 12.9. The summed E-state index contributed by atoms with van der Waals surface area (Å²) in [6.45, 7) is 0. The van der Waals surface area contributed by atoms with Crippen molar-refractivity contribution in [2.75, 3.05) is 7.11 Å². The van der Waals surface area contributed by atoms with Crippen LogP contribution in [0.3, 0.4) is 0 Å². The summed E-state index contributed by atoms with van der Waals surface area (Å²) in [7, 11) is 1.46. The maximum absolute atomic E-state index is 11.7. The Labute approximate surface area is 113 Å². The first-order valence-electron chi connectivity index (χ1n) is 4.92. The van der Waals surface area contributed by atoms with E-state index in [1.54, 1.807) is 18.2 Å². The molecule has 1 aromatic rings. The number of methoxy groups -OCH3 is 1. The number of nitrogens with two attached hydrogens (primary N) is 1. The second kappa shape index (κ2) is 4.97. The average Bonchev–Trinajstić information content (AvgIpc) is 2.59. The molecule has 94 valence electrons. The Bertz CT molecular complexity index is 557. The Kier molecular flexibility index (Phi) is 3.55. The van der Waals surface area contributed by atoms with Gasteiger partial charge in [-0.3, -0.25) is 4.79 Å². The van der Waals surface area contributed by atoms with Crippen LogP contribution in [0.5, 0.6) is 11.5 Å². The standard InChI is InChI=1S/C11H10N2O3S2/c1-16-8-4-6(2-3-7(8)14)5-9-10(15)13(12)11(17)18-9/h2-5,14H,12H2,1H3/b9-5+. The quantitative estimate of drug-likeness (QED) is 0.370. The van der Waals surface area contributed by atoms with E-state index in [2.05, 4.69) is 0 Å². The van der Waals surface area contributed by atoms with Crippen molar-refractivity contribution >= 4 is 40.3 Å². The van der Waals surface area contributed by atoms with E-state index < -0.39 is 0 Å². The molecule has 1 aliphatic heterocycles. The minimum absolute atomic E-state index is 0.0426. The number of amides is 1. The van der Waals surface area contributed by atoms with Crippen molar-refractivity contribution in [2.45, 2.75) is 0 Å². The molecule has 0 saturated carbocycles. The number of hydrazine groups is 1. The van der Waals surface area contributed by atoms with E-state index >= 15 is 0 Å². The first-order valence-corrected chi connectivity index (χ1v) is 6.15. The minimum atomic E-state index is -0.336. The molecule has 5 nitrogen and oxygen atoms in total. The van der Waals surface area contributed by atoms with Gasteiger partial charge in [0.2, 0.25) is 0 Å². The zero-order valence-electron chi connectivity index (χ0n) is 9.41. The fourth-order valence-corrected chi connectivity index (χ4v) is 2.52. The topological polar surface area (TPSA) is 75.8 Å². The van der Waals surface area contributed by atoms with Gasteiger partial charge in [0.05, 0.1) is 12.0 Å². The summed E-state index contributed by atoms with van der Waals surface area (Å²) in [6.07, 6.45) is 1.65. The Morgan fingerprint density at radius 1 is 1.56 bits per heavy atom. The molecule has 3 N–H and O–H groups in total. The van der Waals surface area contributed by atoms with Gasteiger partial charge in [0.25, 0.3) is 5.91 Å². The Balaban J connectivity index is 2.34. The van der Waals surface area contributed by atoms with Crippen molar-refractivity contribution in [3.05, 3.63) is 28.7 Å². The monoisotopic (exact) mass is 282 g/mol. The molecule has 1 aliphatic rings. The predicted octanol–water partition coefficient (Wildman–Crippen LogP) is 1.48. The van der Waals surface area contributed by atoms with Gasteiger partial charge in [0, 0.05) is 0 Å². The summed E-state index contributed by atoms with van der Waals surface area (Å²) in [4.78, 5) is 12.1. The normalized spacial score (nSPS) is 17.7. The molecule has 0 atom stereocenters. The third-order valence-electron chi connectivity index (χ3n) is 2.33. The van der Waals surface area contributed by atoms with Gasteiger partial charge in [0.1, 0.15) is 0 Å². The molecule has 0 spiro atoms. The number of phenols is 1. The lowest BCUT2D eigenvalue weighted by atomic mass is 10.2. The molecule has 1 aromatic carbocycles. The fraction of sp³-hybridized carbons (Fsp3) is 0.0909. The first-order chi connectivity index (χ1) is 8.52. The SMILES string of the molecule is COc1cc(/C=C2/SC(=S)N(N)C2=O)ccc1O. The number of hydrogen-bond donors (Lipinski definition) is 2. The Morgan fingerprint density at radius 2 is 2.28 bits per heavy atom. The maximum atomic E-state index is 11.7. The number of thiocarbonyl (C=S) groups is 1. The van der Waals surface area contributed by atoms with Gasteiger partial charge in [-0.25, -0.2) is 10.9 Å². The zero-order valence-corrected chi connectivity index (χ0v) is 11.0. The van der Waals surface area contributed by atoms with E-state index in [9.17, 15) is 9.90 Å². The smallest absolute Gasteiger partial charge is 0.280 e. The molecular weight excluding hydrogens is 272 g/mol. The maximum Gasteiger partial charge on any atom is 0.280 e. The van der Waals surface area contributed by atoms with Crippen molar-refractivity contribution in [3.8, 4) is 11.5 Å². The number of carbonyl (C=O) groups is 1. The van der Waals surface area contributed by atoms with Crippen LogP contribution in [0.2, 0.25) is 0 Å². The van der Waals surface area contributed by atoms with Crippen molar-refractivity contribution in [1.82, 2.24) is 5.01 Å². The lowest BCUT2D eigenvalue weighted by molar-refractivity contribution is -0.122. The molecule has 1 fully saturated rings. The van der Waals surface area contributed by atoms with Crippen LogP contribution >= 0.6 is 24.0 Å². The van der Waals surface area contributed by atoms with Crippen LogP contribution in [0.15, 0.2) is 23.1 Å². The highest BCUT2D eigenvalue weighted by Crippen LogP contribution is 2.32. The van der Waals surface area contributed by atoms with Crippen molar-refractivity contribution < 1.29 is 14.6 Å². The lowest BCUT2D eigenvalue weighted by Gasteiger charge is -2.04. The highest BCUT2D eigenvalue weighted by atomic mass is 32.2. The number of carbonyl (C=O) groups excluding carboxylic acids is 1. The lowest BCUT2D eigenvalue weighted by Crippen LogP contribution is -2.34. The van der Waals surface area contributed by atoms with Crippen LogP contribution in [0.25, 0.3) is 6.08 Å². The molecule has 0 radical (unpaired) electrons. The largest absolute Gasteiger partial charge is 0.504 e. The molecule has 1 amide bonds. The number of hydrogen-bond acceptors (Lipinski definition) is 6. The number of nitrogens with zero attached hydrogens (tertiary/aromatic N) is 1. The van der Waals surface area contributed by atoms with Crippen LogP contribution in [0.4, 0.5) is 0 Å². The van der Waals surface area contributed by atoms with Gasteiger partial charge >= 0.3 is 0 Å². The summed E-state index contributed by atoms with van der Waals surface area (Å²) < 4.78 is 5.30. The summed E-state index contributed by atoms with van der Waals surface area (Å²) >= 11 is 6.05. The second-order valence-electron chi connectivity index (χ2n) is 3.48. The van der Waals surface area contributed by atoms with Gasteiger partial charge in [-0.1, -0.05) is 30.0 Å². The van der Waals surface area contributed by atoms with Crippen LogP contribution in [0.1, 0.15) is 5.56 Å². The highest BCUT2D eigenvalue weighted by Gasteiger charge is 2.29. The van der Waals surface area contributed by atoms with Gasteiger partial charge < -0.3 is 9.84 Å². The third-order valence-corrected chi connectivity index (χ3v) is 3.66.